The molecule has 6 heteroatoms. The molecule has 0 atom stereocenters. The summed E-state index contributed by atoms with van der Waals surface area (Å²) in [5.74, 6) is -0.993. The van der Waals surface area contributed by atoms with Gasteiger partial charge in [0, 0.05) is 6.20 Å². The summed E-state index contributed by atoms with van der Waals surface area (Å²) in [6, 6.07) is 9.06. The molecule has 0 amide bonds. The van der Waals surface area contributed by atoms with Crippen molar-refractivity contribution in [2.75, 3.05) is 0 Å². The Morgan fingerprint density at radius 1 is 1.35 bits per heavy atom. The molecule has 0 radical (unpaired) electrons. The fourth-order valence-corrected chi connectivity index (χ4v) is 2.74. The van der Waals surface area contributed by atoms with Crippen LogP contribution in [0.25, 0.3) is 11.0 Å². The molecular formula is C14H11N3O2S. The van der Waals surface area contributed by atoms with Crippen LogP contribution in [0.15, 0.2) is 46.7 Å². The average molecular weight is 285 g/mol. The summed E-state index contributed by atoms with van der Waals surface area (Å²) in [4.78, 5) is 22.8. The maximum Gasteiger partial charge on any atom is 0.338 e. The molecule has 3 rings (SSSR count). The monoisotopic (exact) mass is 285 g/mol. The summed E-state index contributed by atoms with van der Waals surface area (Å²) < 4.78 is 0. The number of benzene rings is 1. The summed E-state index contributed by atoms with van der Waals surface area (Å²) in [6.45, 7) is 2.01. The van der Waals surface area contributed by atoms with Gasteiger partial charge in [0.15, 0.2) is 5.16 Å². The van der Waals surface area contributed by atoms with Crippen molar-refractivity contribution in [3.05, 3.63) is 47.7 Å². The van der Waals surface area contributed by atoms with Crippen LogP contribution in [0.1, 0.15) is 15.9 Å². The topological polar surface area (TPSA) is 78.9 Å². The summed E-state index contributed by atoms with van der Waals surface area (Å²) in [7, 11) is 0. The minimum absolute atomic E-state index is 0.175. The number of fused-ring (bicyclic) bond motifs is 1. The number of pyridine rings is 1. The zero-order valence-corrected chi connectivity index (χ0v) is 11.4. The molecule has 100 valence electrons. The average Bonchev–Trinajstić information content (AvgIpc) is 2.80. The van der Waals surface area contributed by atoms with Crippen LogP contribution in [-0.2, 0) is 0 Å². The zero-order chi connectivity index (χ0) is 14.1. The number of nitrogens with zero attached hydrogens (tertiary/aromatic N) is 2. The van der Waals surface area contributed by atoms with Gasteiger partial charge in [0.25, 0.3) is 0 Å². The highest BCUT2D eigenvalue weighted by atomic mass is 32.2. The molecule has 0 fully saturated rings. The first-order chi connectivity index (χ1) is 9.63. The highest BCUT2D eigenvalue weighted by molar-refractivity contribution is 7.99. The highest BCUT2D eigenvalue weighted by Gasteiger charge is 2.13. The van der Waals surface area contributed by atoms with Gasteiger partial charge in [0.05, 0.1) is 16.6 Å². The molecule has 2 heterocycles. The molecule has 3 aromatic rings. The molecule has 0 saturated heterocycles. The maximum atomic E-state index is 11.1. The lowest BCUT2D eigenvalue weighted by atomic mass is 10.2. The lowest BCUT2D eigenvalue weighted by Gasteiger charge is -2.01. The first-order valence-corrected chi connectivity index (χ1v) is 6.77. The van der Waals surface area contributed by atoms with Gasteiger partial charge in [0.1, 0.15) is 5.03 Å². The highest BCUT2D eigenvalue weighted by Crippen LogP contribution is 2.28. The van der Waals surface area contributed by atoms with Gasteiger partial charge >= 0.3 is 5.97 Å². The molecule has 0 spiro atoms. The molecule has 5 nitrogen and oxygen atoms in total. The summed E-state index contributed by atoms with van der Waals surface area (Å²) in [5, 5.41) is 10.2. The smallest absolute Gasteiger partial charge is 0.338 e. The molecule has 0 aliphatic rings. The van der Waals surface area contributed by atoms with E-state index in [4.69, 9.17) is 5.11 Å². The van der Waals surface area contributed by atoms with E-state index in [-0.39, 0.29) is 5.56 Å². The predicted molar refractivity (Wildman–Crippen MR) is 76.2 cm³/mol. The lowest BCUT2D eigenvalue weighted by molar-refractivity contribution is 0.0692. The Hall–Kier alpha value is -2.34. The first kappa shape index (κ1) is 12.7. The van der Waals surface area contributed by atoms with Crippen molar-refractivity contribution in [2.24, 2.45) is 0 Å². The standard InChI is InChI=1S/C14H11N3O2S/c1-8-4-5-10-11(7-8)17-14(16-10)20-12-9(13(18)19)3-2-6-15-12/h2-7H,1H3,(H,16,17)(H,18,19). The van der Waals surface area contributed by atoms with E-state index < -0.39 is 5.97 Å². The number of nitrogens with one attached hydrogen (secondary N) is 1. The maximum absolute atomic E-state index is 11.1. The number of aromatic amines is 1. The zero-order valence-electron chi connectivity index (χ0n) is 10.6. The summed E-state index contributed by atoms with van der Waals surface area (Å²) in [6.07, 6.45) is 1.57. The van der Waals surface area contributed by atoms with Crippen LogP contribution >= 0.6 is 11.8 Å². The predicted octanol–water partition coefficient (Wildman–Crippen LogP) is 3.12. The largest absolute Gasteiger partial charge is 0.478 e. The van der Waals surface area contributed by atoms with E-state index >= 15 is 0 Å². The fourth-order valence-electron chi connectivity index (χ4n) is 1.87. The summed E-state index contributed by atoms with van der Waals surface area (Å²) >= 11 is 1.22. The van der Waals surface area contributed by atoms with Gasteiger partial charge < -0.3 is 10.1 Å². The third-order valence-corrected chi connectivity index (χ3v) is 3.72. The van der Waals surface area contributed by atoms with E-state index in [0.717, 1.165) is 16.6 Å². The van der Waals surface area contributed by atoms with Crippen LogP contribution in [0.2, 0.25) is 0 Å². The number of hydrogen-bond acceptors (Lipinski definition) is 4. The van der Waals surface area contributed by atoms with Crippen LogP contribution in [0.5, 0.6) is 0 Å². The number of hydrogen-bond donors (Lipinski definition) is 2. The molecule has 2 aromatic heterocycles. The van der Waals surface area contributed by atoms with E-state index in [9.17, 15) is 4.79 Å². The Bertz CT molecular complexity index is 798. The normalized spacial score (nSPS) is 10.8. The van der Waals surface area contributed by atoms with Gasteiger partial charge in [-0.1, -0.05) is 6.07 Å². The van der Waals surface area contributed by atoms with E-state index in [1.165, 1.54) is 17.8 Å². The third kappa shape index (κ3) is 2.37. The molecule has 0 bridgehead atoms. The molecule has 1 aromatic carbocycles. The number of aromatic nitrogens is 3. The van der Waals surface area contributed by atoms with Gasteiger partial charge in [-0.3, -0.25) is 0 Å². The van der Waals surface area contributed by atoms with Crippen LogP contribution in [-0.4, -0.2) is 26.0 Å². The van der Waals surface area contributed by atoms with Crippen molar-refractivity contribution < 1.29 is 9.90 Å². The van der Waals surface area contributed by atoms with Gasteiger partial charge in [-0.25, -0.2) is 14.8 Å². The fraction of sp³-hybridized carbons (Fsp3) is 0.0714. The minimum atomic E-state index is -0.993. The van der Waals surface area contributed by atoms with E-state index in [2.05, 4.69) is 15.0 Å². The molecule has 0 unspecified atom stereocenters. The second-order valence-corrected chi connectivity index (χ2v) is 5.30. The van der Waals surface area contributed by atoms with Crippen molar-refractivity contribution >= 4 is 28.8 Å². The molecule has 20 heavy (non-hydrogen) atoms. The van der Waals surface area contributed by atoms with Crippen LogP contribution in [0.4, 0.5) is 0 Å². The molecule has 0 saturated carbocycles. The number of aromatic carboxylic acids is 1. The second-order valence-electron chi connectivity index (χ2n) is 4.33. The number of rotatable bonds is 3. The Morgan fingerprint density at radius 3 is 3.00 bits per heavy atom. The number of imidazole rings is 1. The lowest BCUT2D eigenvalue weighted by Crippen LogP contribution is -2.00. The van der Waals surface area contributed by atoms with Crippen molar-refractivity contribution in [1.29, 1.82) is 0 Å². The Kier molecular flexibility index (Phi) is 3.15. The number of carboxylic acids is 1. The third-order valence-electron chi connectivity index (χ3n) is 2.81. The quantitative estimate of drug-likeness (QED) is 0.773. The van der Waals surface area contributed by atoms with Crippen molar-refractivity contribution in [2.45, 2.75) is 17.1 Å². The molecular weight excluding hydrogens is 274 g/mol. The molecule has 0 aliphatic heterocycles. The van der Waals surface area contributed by atoms with Gasteiger partial charge in [0.2, 0.25) is 0 Å². The van der Waals surface area contributed by atoms with Gasteiger partial charge in [-0.05, 0) is 48.5 Å². The van der Waals surface area contributed by atoms with Crippen molar-refractivity contribution in [3.8, 4) is 0 Å². The Morgan fingerprint density at radius 2 is 2.20 bits per heavy atom. The first-order valence-electron chi connectivity index (χ1n) is 5.96. The minimum Gasteiger partial charge on any atom is -0.478 e. The van der Waals surface area contributed by atoms with Crippen molar-refractivity contribution in [1.82, 2.24) is 15.0 Å². The van der Waals surface area contributed by atoms with Crippen molar-refractivity contribution in [3.63, 3.8) is 0 Å². The van der Waals surface area contributed by atoms with E-state index in [1.54, 1.807) is 12.3 Å². The number of aryl methyl sites for hydroxylation is 1. The van der Waals surface area contributed by atoms with E-state index in [0.29, 0.717) is 10.2 Å². The number of H-pyrrole nitrogens is 1. The van der Waals surface area contributed by atoms with E-state index in [1.807, 2.05) is 25.1 Å². The Labute approximate surface area is 119 Å². The van der Waals surface area contributed by atoms with Crippen LogP contribution in [0, 0.1) is 6.92 Å². The molecule has 2 N–H and O–H groups in total. The van der Waals surface area contributed by atoms with Crippen LogP contribution in [0.3, 0.4) is 0 Å². The molecule has 0 aliphatic carbocycles. The second kappa shape index (κ2) is 4.97. The van der Waals surface area contributed by atoms with Crippen LogP contribution < -0.4 is 0 Å². The van der Waals surface area contributed by atoms with Gasteiger partial charge in [-0.15, -0.1) is 0 Å². The summed E-state index contributed by atoms with van der Waals surface area (Å²) in [5.41, 5.74) is 3.10. The van der Waals surface area contributed by atoms with Gasteiger partial charge in [-0.2, -0.15) is 0 Å². The SMILES string of the molecule is Cc1ccc2nc(Sc3ncccc3C(=O)O)[nH]c2c1. The number of carbonyl (C=O) groups is 1. The number of carboxylic acid groups (broad SMARTS) is 1. The Balaban J connectivity index is 1.99.